The van der Waals surface area contributed by atoms with Gasteiger partial charge in [0.1, 0.15) is 0 Å². The van der Waals surface area contributed by atoms with Gasteiger partial charge in [-0.25, -0.2) is 0 Å². The standard InChI is InChI=1S/C13H12O/c1-2-4-10(5-3-1)12-8-13(12)11-6-7-14-9-11/h1-7,9,12-13H,8H2. The van der Waals surface area contributed by atoms with Gasteiger partial charge in [-0.1, -0.05) is 30.3 Å². The normalized spacial score (nSPS) is 24.9. The Labute approximate surface area is 83.4 Å². The Morgan fingerprint density at radius 3 is 2.43 bits per heavy atom. The highest BCUT2D eigenvalue weighted by Gasteiger charge is 2.39. The van der Waals surface area contributed by atoms with E-state index in [4.69, 9.17) is 4.42 Å². The summed E-state index contributed by atoms with van der Waals surface area (Å²) in [7, 11) is 0. The summed E-state index contributed by atoms with van der Waals surface area (Å²) < 4.78 is 5.10. The first-order chi connectivity index (χ1) is 6.95. The third-order valence-electron chi connectivity index (χ3n) is 2.99. The first-order valence-corrected chi connectivity index (χ1v) is 5.02. The third kappa shape index (κ3) is 1.25. The van der Waals surface area contributed by atoms with Crippen molar-refractivity contribution in [2.75, 3.05) is 0 Å². The van der Waals surface area contributed by atoms with E-state index in [9.17, 15) is 0 Å². The molecule has 70 valence electrons. The number of hydrogen-bond acceptors (Lipinski definition) is 1. The van der Waals surface area contributed by atoms with Crippen LogP contribution >= 0.6 is 0 Å². The molecule has 1 aliphatic carbocycles. The lowest BCUT2D eigenvalue weighted by Crippen LogP contribution is -1.80. The minimum Gasteiger partial charge on any atom is -0.472 e. The molecule has 1 aromatic heterocycles. The zero-order valence-corrected chi connectivity index (χ0v) is 7.89. The van der Waals surface area contributed by atoms with Gasteiger partial charge in [-0.3, -0.25) is 0 Å². The van der Waals surface area contributed by atoms with Crippen LogP contribution in [0.4, 0.5) is 0 Å². The summed E-state index contributed by atoms with van der Waals surface area (Å²) >= 11 is 0. The summed E-state index contributed by atoms with van der Waals surface area (Å²) in [6.45, 7) is 0. The van der Waals surface area contributed by atoms with Gasteiger partial charge in [0.2, 0.25) is 0 Å². The molecule has 0 radical (unpaired) electrons. The third-order valence-corrected chi connectivity index (χ3v) is 2.99. The van der Waals surface area contributed by atoms with Crippen molar-refractivity contribution in [3.05, 3.63) is 60.1 Å². The fourth-order valence-corrected chi connectivity index (χ4v) is 2.12. The van der Waals surface area contributed by atoms with Crippen LogP contribution in [-0.2, 0) is 0 Å². The SMILES string of the molecule is c1ccc(C2CC2c2ccoc2)cc1. The van der Waals surface area contributed by atoms with Crippen molar-refractivity contribution in [2.45, 2.75) is 18.3 Å². The van der Waals surface area contributed by atoms with Crippen molar-refractivity contribution in [2.24, 2.45) is 0 Å². The second-order valence-corrected chi connectivity index (χ2v) is 3.92. The predicted molar refractivity (Wildman–Crippen MR) is 55.2 cm³/mol. The van der Waals surface area contributed by atoms with E-state index in [1.54, 1.807) is 6.26 Å². The van der Waals surface area contributed by atoms with Crippen molar-refractivity contribution in [3.8, 4) is 0 Å². The van der Waals surface area contributed by atoms with Crippen LogP contribution in [0.3, 0.4) is 0 Å². The van der Waals surface area contributed by atoms with Crippen LogP contribution in [-0.4, -0.2) is 0 Å². The quantitative estimate of drug-likeness (QED) is 0.695. The van der Waals surface area contributed by atoms with Crippen molar-refractivity contribution in [1.82, 2.24) is 0 Å². The molecular weight excluding hydrogens is 172 g/mol. The highest BCUT2D eigenvalue weighted by atomic mass is 16.3. The molecule has 14 heavy (non-hydrogen) atoms. The molecule has 0 amide bonds. The zero-order chi connectivity index (χ0) is 9.38. The summed E-state index contributed by atoms with van der Waals surface area (Å²) in [4.78, 5) is 0. The van der Waals surface area contributed by atoms with Gasteiger partial charge in [0, 0.05) is 0 Å². The van der Waals surface area contributed by atoms with Crippen LogP contribution in [0.15, 0.2) is 53.3 Å². The number of furan rings is 1. The van der Waals surface area contributed by atoms with Gasteiger partial charge in [0.25, 0.3) is 0 Å². The molecule has 2 atom stereocenters. The summed E-state index contributed by atoms with van der Waals surface area (Å²) in [5.41, 5.74) is 2.80. The van der Waals surface area contributed by atoms with E-state index in [0.717, 1.165) is 0 Å². The van der Waals surface area contributed by atoms with Gasteiger partial charge in [-0.2, -0.15) is 0 Å². The van der Waals surface area contributed by atoms with Gasteiger partial charge in [0.15, 0.2) is 0 Å². The molecule has 1 aliphatic rings. The van der Waals surface area contributed by atoms with Crippen molar-refractivity contribution in [1.29, 1.82) is 0 Å². The fourth-order valence-electron chi connectivity index (χ4n) is 2.12. The second-order valence-electron chi connectivity index (χ2n) is 3.92. The monoisotopic (exact) mass is 184 g/mol. The summed E-state index contributed by atoms with van der Waals surface area (Å²) in [6.07, 6.45) is 4.90. The largest absolute Gasteiger partial charge is 0.472 e. The molecule has 0 spiro atoms. The molecule has 2 aromatic rings. The van der Waals surface area contributed by atoms with Gasteiger partial charge in [-0.15, -0.1) is 0 Å². The molecule has 1 nitrogen and oxygen atoms in total. The number of benzene rings is 1. The summed E-state index contributed by atoms with van der Waals surface area (Å²) in [5, 5.41) is 0. The first-order valence-electron chi connectivity index (χ1n) is 5.02. The van der Waals surface area contributed by atoms with E-state index in [2.05, 4.69) is 36.4 Å². The topological polar surface area (TPSA) is 13.1 Å². The smallest absolute Gasteiger partial charge is 0.0937 e. The van der Waals surface area contributed by atoms with Crippen LogP contribution in [0.25, 0.3) is 0 Å². The summed E-state index contributed by atoms with van der Waals surface area (Å²) in [5.74, 6) is 1.41. The molecular formula is C13H12O. The predicted octanol–water partition coefficient (Wildman–Crippen LogP) is 3.55. The average molecular weight is 184 g/mol. The average Bonchev–Trinajstić information content (AvgIpc) is 2.87. The Bertz CT molecular complexity index is 402. The van der Waals surface area contributed by atoms with E-state index in [0.29, 0.717) is 11.8 Å². The van der Waals surface area contributed by atoms with E-state index < -0.39 is 0 Å². The summed E-state index contributed by atoms with van der Waals surface area (Å²) in [6, 6.07) is 12.8. The maximum Gasteiger partial charge on any atom is 0.0937 e. The molecule has 1 aromatic carbocycles. The minimum atomic E-state index is 0.691. The Balaban J connectivity index is 1.81. The van der Waals surface area contributed by atoms with Gasteiger partial charge >= 0.3 is 0 Å². The molecule has 0 bridgehead atoms. The molecule has 3 rings (SSSR count). The molecule has 0 saturated heterocycles. The van der Waals surface area contributed by atoms with Gasteiger partial charge < -0.3 is 4.42 Å². The Morgan fingerprint density at radius 1 is 0.929 bits per heavy atom. The molecule has 0 N–H and O–H groups in total. The molecule has 1 heterocycles. The van der Waals surface area contributed by atoms with Crippen molar-refractivity contribution >= 4 is 0 Å². The Morgan fingerprint density at radius 2 is 1.71 bits per heavy atom. The second kappa shape index (κ2) is 3.02. The maximum atomic E-state index is 5.10. The number of hydrogen-bond donors (Lipinski definition) is 0. The maximum absolute atomic E-state index is 5.10. The van der Waals surface area contributed by atoms with E-state index in [-0.39, 0.29) is 0 Å². The van der Waals surface area contributed by atoms with Crippen LogP contribution in [0.2, 0.25) is 0 Å². The molecule has 1 fully saturated rings. The lowest BCUT2D eigenvalue weighted by molar-refractivity contribution is 0.564. The van der Waals surface area contributed by atoms with Crippen LogP contribution < -0.4 is 0 Å². The highest BCUT2D eigenvalue weighted by Crippen LogP contribution is 2.54. The molecule has 1 heteroatoms. The molecule has 0 aliphatic heterocycles. The fraction of sp³-hybridized carbons (Fsp3) is 0.231. The Hall–Kier alpha value is -1.50. The van der Waals surface area contributed by atoms with E-state index >= 15 is 0 Å². The molecule has 2 unspecified atom stereocenters. The lowest BCUT2D eigenvalue weighted by atomic mass is 10.1. The van der Waals surface area contributed by atoms with E-state index in [1.807, 2.05) is 6.26 Å². The highest BCUT2D eigenvalue weighted by molar-refractivity contribution is 5.34. The number of rotatable bonds is 2. The van der Waals surface area contributed by atoms with Crippen LogP contribution in [0, 0.1) is 0 Å². The van der Waals surface area contributed by atoms with Gasteiger partial charge in [0.05, 0.1) is 12.5 Å². The minimum absolute atomic E-state index is 0.691. The van der Waals surface area contributed by atoms with Crippen LogP contribution in [0.1, 0.15) is 29.4 Å². The van der Waals surface area contributed by atoms with Crippen molar-refractivity contribution in [3.63, 3.8) is 0 Å². The lowest BCUT2D eigenvalue weighted by Gasteiger charge is -1.97. The van der Waals surface area contributed by atoms with Crippen LogP contribution in [0.5, 0.6) is 0 Å². The zero-order valence-electron chi connectivity index (χ0n) is 7.89. The van der Waals surface area contributed by atoms with Gasteiger partial charge in [-0.05, 0) is 35.4 Å². The van der Waals surface area contributed by atoms with Crippen molar-refractivity contribution < 1.29 is 4.42 Å². The first kappa shape index (κ1) is 7.86. The molecule has 1 saturated carbocycles. The Kier molecular flexibility index (Phi) is 1.69. The van der Waals surface area contributed by atoms with E-state index in [1.165, 1.54) is 17.5 Å².